The molecule has 1 fully saturated rings. The fourth-order valence-electron chi connectivity index (χ4n) is 4.55. The van der Waals surface area contributed by atoms with Crippen LogP contribution in [-0.4, -0.2) is 49.9 Å². The lowest BCUT2D eigenvalue weighted by Crippen LogP contribution is -2.41. The van der Waals surface area contributed by atoms with E-state index in [-0.39, 0.29) is 11.7 Å². The number of nitrogens with one attached hydrogen (secondary N) is 2. The number of rotatable bonds is 5. The number of aryl methyl sites for hydroxylation is 1. The van der Waals surface area contributed by atoms with Crippen LogP contribution < -0.4 is 15.5 Å². The molecule has 2 N–H and O–H groups in total. The molecule has 2 aromatic carbocycles. The number of anilines is 2. The van der Waals surface area contributed by atoms with Crippen molar-refractivity contribution < 1.29 is 14.0 Å². The SMILES string of the molecule is CN1CCCc2cc(C(CNC(=O)C(=O)Nc3cccc(F)c3)N3CCCC3)ccc21. The lowest BCUT2D eigenvalue weighted by molar-refractivity contribution is -0.136. The van der Waals surface area contributed by atoms with Gasteiger partial charge in [0.2, 0.25) is 0 Å². The van der Waals surface area contributed by atoms with Gasteiger partial charge in [-0.1, -0.05) is 18.2 Å². The molecule has 2 amide bonds. The van der Waals surface area contributed by atoms with Gasteiger partial charge in [-0.3, -0.25) is 14.5 Å². The van der Waals surface area contributed by atoms with E-state index in [0.29, 0.717) is 6.54 Å². The molecule has 0 saturated carbocycles. The summed E-state index contributed by atoms with van der Waals surface area (Å²) in [6.45, 7) is 3.38. The van der Waals surface area contributed by atoms with Crippen molar-refractivity contribution in [3.63, 3.8) is 0 Å². The first-order valence-corrected chi connectivity index (χ1v) is 10.9. The highest BCUT2D eigenvalue weighted by Gasteiger charge is 2.26. The van der Waals surface area contributed by atoms with Crippen LogP contribution in [0, 0.1) is 5.82 Å². The van der Waals surface area contributed by atoms with E-state index in [1.54, 1.807) is 6.07 Å². The fraction of sp³-hybridized carbons (Fsp3) is 0.417. The predicted molar refractivity (Wildman–Crippen MR) is 120 cm³/mol. The molecule has 6 nitrogen and oxygen atoms in total. The molecule has 2 aromatic rings. The highest BCUT2D eigenvalue weighted by Crippen LogP contribution is 2.31. The summed E-state index contributed by atoms with van der Waals surface area (Å²) in [6.07, 6.45) is 4.47. The van der Waals surface area contributed by atoms with E-state index >= 15 is 0 Å². The van der Waals surface area contributed by atoms with Crippen molar-refractivity contribution in [2.45, 2.75) is 31.7 Å². The van der Waals surface area contributed by atoms with Crippen LogP contribution in [0.4, 0.5) is 15.8 Å². The zero-order chi connectivity index (χ0) is 21.8. The first-order valence-electron chi connectivity index (χ1n) is 10.9. The molecule has 2 heterocycles. The van der Waals surface area contributed by atoms with Gasteiger partial charge in [0.25, 0.3) is 0 Å². The van der Waals surface area contributed by atoms with Gasteiger partial charge in [-0.15, -0.1) is 0 Å². The van der Waals surface area contributed by atoms with Gasteiger partial charge in [0.1, 0.15) is 5.82 Å². The minimum atomic E-state index is -0.794. The van der Waals surface area contributed by atoms with Gasteiger partial charge in [-0.2, -0.15) is 0 Å². The topological polar surface area (TPSA) is 64.7 Å². The molecule has 1 unspecified atom stereocenters. The number of amides is 2. The molecule has 7 heteroatoms. The van der Waals surface area contributed by atoms with E-state index in [2.05, 4.69) is 45.7 Å². The van der Waals surface area contributed by atoms with Crippen molar-refractivity contribution in [2.75, 3.05) is 43.4 Å². The standard InChI is InChI=1S/C24H29FN4O2/c1-28-11-5-6-17-14-18(9-10-21(17)28)22(29-12-2-3-13-29)16-26-23(30)24(31)27-20-8-4-7-19(25)15-20/h4,7-10,14-15,22H,2-3,5-6,11-13,16H2,1H3,(H,26,30)(H,27,31). The zero-order valence-corrected chi connectivity index (χ0v) is 17.9. The molecule has 0 aromatic heterocycles. The maximum absolute atomic E-state index is 13.3. The number of halogens is 1. The van der Waals surface area contributed by atoms with Gasteiger partial charge in [-0.05, 0) is 74.2 Å². The number of nitrogens with zero attached hydrogens (tertiary/aromatic N) is 2. The maximum Gasteiger partial charge on any atom is 0.313 e. The van der Waals surface area contributed by atoms with Crippen LogP contribution in [-0.2, 0) is 16.0 Å². The minimum Gasteiger partial charge on any atom is -0.374 e. The van der Waals surface area contributed by atoms with E-state index in [9.17, 15) is 14.0 Å². The van der Waals surface area contributed by atoms with Crippen LogP contribution in [0.1, 0.15) is 36.4 Å². The molecule has 0 spiro atoms. The second kappa shape index (κ2) is 9.47. The molecule has 1 atom stereocenters. The number of benzene rings is 2. The minimum absolute atomic E-state index is 0.0194. The number of carbonyl (C=O) groups excluding carboxylic acids is 2. The van der Waals surface area contributed by atoms with E-state index in [4.69, 9.17) is 0 Å². The Labute approximate surface area is 182 Å². The first-order chi connectivity index (χ1) is 15.0. The summed E-state index contributed by atoms with van der Waals surface area (Å²) in [7, 11) is 2.12. The van der Waals surface area contributed by atoms with Crippen molar-refractivity contribution in [3.8, 4) is 0 Å². The third kappa shape index (κ3) is 5.05. The smallest absolute Gasteiger partial charge is 0.313 e. The van der Waals surface area contributed by atoms with Gasteiger partial charge in [0.15, 0.2) is 0 Å². The highest BCUT2D eigenvalue weighted by molar-refractivity contribution is 6.39. The van der Waals surface area contributed by atoms with Crippen molar-refractivity contribution in [2.24, 2.45) is 0 Å². The third-order valence-electron chi connectivity index (χ3n) is 6.17. The molecule has 0 radical (unpaired) electrons. The predicted octanol–water partition coefficient (Wildman–Crippen LogP) is 3.10. The Balaban J connectivity index is 1.45. The normalized spacial score (nSPS) is 17.2. The number of carbonyl (C=O) groups is 2. The molecular weight excluding hydrogens is 395 g/mol. The average molecular weight is 425 g/mol. The van der Waals surface area contributed by atoms with Crippen molar-refractivity contribution in [3.05, 3.63) is 59.4 Å². The van der Waals surface area contributed by atoms with Crippen LogP contribution in [0.3, 0.4) is 0 Å². The first kappa shape index (κ1) is 21.3. The van der Waals surface area contributed by atoms with Gasteiger partial charge in [0, 0.05) is 31.5 Å². The monoisotopic (exact) mass is 424 g/mol. The van der Waals surface area contributed by atoms with E-state index < -0.39 is 17.6 Å². The summed E-state index contributed by atoms with van der Waals surface area (Å²) in [5.74, 6) is -1.98. The van der Waals surface area contributed by atoms with Gasteiger partial charge in [0.05, 0.1) is 6.04 Å². The third-order valence-corrected chi connectivity index (χ3v) is 6.17. The van der Waals surface area contributed by atoms with Crippen molar-refractivity contribution in [1.82, 2.24) is 10.2 Å². The van der Waals surface area contributed by atoms with E-state index in [0.717, 1.165) is 45.3 Å². The second-order valence-electron chi connectivity index (χ2n) is 8.35. The molecule has 31 heavy (non-hydrogen) atoms. The van der Waals surface area contributed by atoms with Crippen molar-refractivity contribution >= 4 is 23.2 Å². The maximum atomic E-state index is 13.3. The number of hydrogen-bond donors (Lipinski definition) is 2. The highest BCUT2D eigenvalue weighted by atomic mass is 19.1. The molecule has 1 saturated heterocycles. The van der Waals surface area contributed by atoms with Crippen LogP contribution in [0.2, 0.25) is 0 Å². The number of likely N-dealkylation sites (tertiary alicyclic amines) is 1. The fourth-order valence-corrected chi connectivity index (χ4v) is 4.55. The Morgan fingerprint density at radius 2 is 1.84 bits per heavy atom. The molecule has 0 bridgehead atoms. The largest absolute Gasteiger partial charge is 0.374 e. The molecule has 164 valence electrons. The Morgan fingerprint density at radius 3 is 2.61 bits per heavy atom. The summed E-state index contributed by atoms with van der Waals surface area (Å²) in [5, 5.41) is 5.24. The van der Waals surface area contributed by atoms with Crippen LogP contribution in [0.25, 0.3) is 0 Å². The van der Waals surface area contributed by atoms with Crippen molar-refractivity contribution in [1.29, 1.82) is 0 Å². The molecule has 4 rings (SSSR count). The summed E-state index contributed by atoms with van der Waals surface area (Å²) in [5.41, 5.74) is 4.04. The van der Waals surface area contributed by atoms with Crippen LogP contribution in [0.15, 0.2) is 42.5 Å². The Kier molecular flexibility index (Phi) is 6.51. The molecule has 0 aliphatic carbocycles. The number of hydrogen-bond acceptors (Lipinski definition) is 4. The van der Waals surface area contributed by atoms with E-state index in [1.165, 1.54) is 35.0 Å². The average Bonchev–Trinajstić information content (AvgIpc) is 3.28. The summed E-state index contributed by atoms with van der Waals surface area (Å²) < 4.78 is 13.3. The quantitative estimate of drug-likeness (QED) is 0.724. The Bertz CT molecular complexity index is 958. The second-order valence-corrected chi connectivity index (χ2v) is 8.35. The van der Waals surface area contributed by atoms with Crippen LogP contribution >= 0.6 is 0 Å². The molecule has 2 aliphatic rings. The van der Waals surface area contributed by atoms with Gasteiger partial charge in [-0.25, -0.2) is 4.39 Å². The molecule has 2 aliphatic heterocycles. The van der Waals surface area contributed by atoms with Gasteiger partial charge >= 0.3 is 11.8 Å². The zero-order valence-electron chi connectivity index (χ0n) is 17.9. The van der Waals surface area contributed by atoms with Gasteiger partial charge < -0.3 is 15.5 Å². The summed E-state index contributed by atoms with van der Waals surface area (Å²) in [6, 6.07) is 12.1. The number of fused-ring (bicyclic) bond motifs is 1. The summed E-state index contributed by atoms with van der Waals surface area (Å²) in [4.78, 5) is 29.3. The molecular formula is C24H29FN4O2. The summed E-state index contributed by atoms with van der Waals surface area (Å²) >= 11 is 0. The lowest BCUT2D eigenvalue weighted by atomic mass is 9.96. The van der Waals surface area contributed by atoms with Crippen LogP contribution in [0.5, 0.6) is 0 Å². The lowest BCUT2D eigenvalue weighted by Gasteiger charge is -2.31. The Hall–Kier alpha value is -2.93. The Morgan fingerprint density at radius 1 is 1.03 bits per heavy atom. The van der Waals surface area contributed by atoms with E-state index in [1.807, 2.05) is 0 Å².